The molecule has 20 heavy (non-hydrogen) atoms. The number of hydrogen-bond donors (Lipinski definition) is 0. The van der Waals surface area contributed by atoms with E-state index in [-0.39, 0.29) is 10.8 Å². The van der Waals surface area contributed by atoms with Crippen molar-refractivity contribution in [2.75, 3.05) is 20.6 Å². The van der Waals surface area contributed by atoms with Crippen molar-refractivity contribution >= 4 is 27.5 Å². The normalized spacial score (nSPS) is 20.1. The Morgan fingerprint density at radius 3 is 2.45 bits per heavy atom. The van der Waals surface area contributed by atoms with E-state index in [1.807, 2.05) is 0 Å². The number of likely N-dealkylation sites (N-methyl/N-ethyl adjacent to an activating group) is 1. The van der Waals surface area contributed by atoms with E-state index >= 15 is 0 Å². The summed E-state index contributed by atoms with van der Waals surface area (Å²) < 4.78 is 26.5. The minimum absolute atomic E-state index is 0.167. The first-order valence-electron chi connectivity index (χ1n) is 6.32. The summed E-state index contributed by atoms with van der Waals surface area (Å²) in [5, 5.41) is 0.478. The van der Waals surface area contributed by atoms with Crippen molar-refractivity contribution in [3.05, 3.63) is 29.3 Å². The number of sulfonamides is 1. The van der Waals surface area contributed by atoms with Gasteiger partial charge in [0.25, 0.3) is 0 Å². The molecule has 0 saturated carbocycles. The number of nitrogens with zero attached hydrogens (tertiary/aromatic N) is 2. The molecule has 110 valence electrons. The molecule has 1 aliphatic heterocycles. The van der Waals surface area contributed by atoms with Crippen LogP contribution in [-0.4, -0.2) is 50.2 Å². The first kappa shape index (κ1) is 15.3. The molecule has 0 radical (unpaired) electrons. The van der Waals surface area contributed by atoms with Gasteiger partial charge in [0.15, 0.2) is 0 Å². The molecular formula is C13H17ClN2O3S. The summed E-state index contributed by atoms with van der Waals surface area (Å²) in [6.45, 7) is 0.370. The van der Waals surface area contributed by atoms with Gasteiger partial charge in [0, 0.05) is 25.7 Å². The van der Waals surface area contributed by atoms with E-state index in [0.29, 0.717) is 24.4 Å². The molecule has 1 aromatic carbocycles. The van der Waals surface area contributed by atoms with Gasteiger partial charge in [-0.25, -0.2) is 8.42 Å². The Bertz CT molecular complexity index is 599. The van der Waals surface area contributed by atoms with E-state index in [0.717, 1.165) is 0 Å². The van der Waals surface area contributed by atoms with Gasteiger partial charge < -0.3 is 4.90 Å². The minimum Gasteiger partial charge on any atom is -0.347 e. The Balaban J connectivity index is 2.33. The second kappa shape index (κ2) is 5.71. The van der Waals surface area contributed by atoms with Crippen LogP contribution in [0.25, 0.3) is 0 Å². The first-order chi connectivity index (χ1) is 9.34. The fourth-order valence-corrected chi connectivity index (χ4v) is 4.09. The molecule has 0 N–H and O–H groups in total. The standard InChI is InChI=1S/C13H17ClN2O3S/c1-15(2)13(17)12-4-3-9-16(12)20(18,19)11-7-5-10(14)6-8-11/h5-8,12H,3-4,9H2,1-2H3. The van der Waals surface area contributed by atoms with Gasteiger partial charge in [-0.05, 0) is 37.1 Å². The lowest BCUT2D eigenvalue weighted by atomic mass is 10.2. The van der Waals surface area contributed by atoms with Crippen LogP contribution in [0.2, 0.25) is 5.02 Å². The van der Waals surface area contributed by atoms with E-state index in [2.05, 4.69) is 0 Å². The Labute approximate surface area is 124 Å². The van der Waals surface area contributed by atoms with Crippen LogP contribution in [-0.2, 0) is 14.8 Å². The zero-order chi connectivity index (χ0) is 14.9. The number of benzene rings is 1. The second-order valence-corrected chi connectivity index (χ2v) is 7.29. The number of amides is 1. The summed E-state index contributed by atoms with van der Waals surface area (Å²) in [5.74, 6) is -0.181. The van der Waals surface area contributed by atoms with Gasteiger partial charge in [-0.15, -0.1) is 0 Å². The number of carbonyl (C=O) groups is 1. The minimum atomic E-state index is -3.66. The van der Waals surface area contributed by atoms with Gasteiger partial charge in [-0.3, -0.25) is 4.79 Å². The van der Waals surface area contributed by atoms with Crippen LogP contribution in [0.5, 0.6) is 0 Å². The van der Waals surface area contributed by atoms with Gasteiger partial charge in [0.1, 0.15) is 6.04 Å². The van der Waals surface area contributed by atoms with E-state index in [9.17, 15) is 13.2 Å². The average molecular weight is 317 g/mol. The molecule has 1 atom stereocenters. The third kappa shape index (κ3) is 2.82. The lowest BCUT2D eigenvalue weighted by Gasteiger charge is -2.25. The quantitative estimate of drug-likeness (QED) is 0.850. The predicted octanol–water partition coefficient (Wildman–Crippen LogP) is 1.58. The number of hydrogen-bond acceptors (Lipinski definition) is 3. The molecule has 1 aromatic rings. The van der Waals surface area contributed by atoms with Crippen molar-refractivity contribution in [1.29, 1.82) is 0 Å². The van der Waals surface area contributed by atoms with E-state index in [1.54, 1.807) is 14.1 Å². The highest BCUT2D eigenvalue weighted by Crippen LogP contribution is 2.27. The molecule has 5 nitrogen and oxygen atoms in total. The van der Waals surface area contributed by atoms with Gasteiger partial charge in [-0.1, -0.05) is 11.6 Å². The summed E-state index contributed by atoms with van der Waals surface area (Å²) in [7, 11) is -0.391. The Morgan fingerprint density at radius 1 is 1.30 bits per heavy atom. The molecule has 0 bridgehead atoms. The highest BCUT2D eigenvalue weighted by Gasteiger charge is 2.39. The largest absolute Gasteiger partial charge is 0.347 e. The molecule has 1 amide bonds. The molecule has 0 spiro atoms. The molecule has 1 fully saturated rings. The third-order valence-corrected chi connectivity index (χ3v) is 5.52. The van der Waals surface area contributed by atoms with Crippen LogP contribution in [0.3, 0.4) is 0 Å². The maximum absolute atomic E-state index is 12.6. The zero-order valence-corrected chi connectivity index (χ0v) is 13.0. The lowest BCUT2D eigenvalue weighted by molar-refractivity contribution is -0.132. The molecule has 7 heteroatoms. The van der Waals surface area contributed by atoms with E-state index in [1.165, 1.54) is 33.5 Å². The summed E-state index contributed by atoms with van der Waals surface area (Å²) in [6.07, 6.45) is 1.25. The Kier molecular flexibility index (Phi) is 4.36. The van der Waals surface area contributed by atoms with Crippen molar-refractivity contribution in [2.45, 2.75) is 23.8 Å². The van der Waals surface area contributed by atoms with Crippen LogP contribution in [0.4, 0.5) is 0 Å². The fraction of sp³-hybridized carbons (Fsp3) is 0.462. The number of rotatable bonds is 3. The summed E-state index contributed by atoms with van der Waals surface area (Å²) in [4.78, 5) is 13.7. The molecular weight excluding hydrogens is 300 g/mol. The van der Waals surface area contributed by atoms with Crippen molar-refractivity contribution in [3.8, 4) is 0 Å². The van der Waals surface area contributed by atoms with E-state index in [4.69, 9.17) is 11.6 Å². The summed E-state index contributed by atoms with van der Waals surface area (Å²) >= 11 is 5.77. The smallest absolute Gasteiger partial charge is 0.243 e. The maximum Gasteiger partial charge on any atom is 0.243 e. The topological polar surface area (TPSA) is 57.7 Å². The Hall–Kier alpha value is -1.11. The number of halogens is 1. The van der Waals surface area contributed by atoms with Gasteiger partial charge in [-0.2, -0.15) is 4.31 Å². The zero-order valence-electron chi connectivity index (χ0n) is 11.4. The summed E-state index contributed by atoms with van der Waals surface area (Å²) in [5.41, 5.74) is 0. The Morgan fingerprint density at radius 2 is 1.90 bits per heavy atom. The predicted molar refractivity (Wildman–Crippen MR) is 77.1 cm³/mol. The van der Waals surface area contributed by atoms with Crippen molar-refractivity contribution in [3.63, 3.8) is 0 Å². The van der Waals surface area contributed by atoms with Crippen LogP contribution >= 0.6 is 11.6 Å². The molecule has 1 unspecified atom stereocenters. The van der Waals surface area contributed by atoms with Crippen LogP contribution in [0.1, 0.15) is 12.8 Å². The lowest BCUT2D eigenvalue weighted by Crippen LogP contribution is -2.45. The molecule has 1 heterocycles. The second-order valence-electron chi connectivity index (χ2n) is 4.96. The van der Waals surface area contributed by atoms with Gasteiger partial charge in [0.2, 0.25) is 15.9 Å². The molecule has 1 aliphatic rings. The van der Waals surface area contributed by atoms with Crippen LogP contribution in [0, 0.1) is 0 Å². The number of carbonyl (C=O) groups excluding carboxylic acids is 1. The van der Waals surface area contributed by atoms with Crippen molar-refractivity contribution in [2.24, 2.45) is 0 Å². The molecule has 0 aromatic heterocycles. The highest BCUT2D eigenvalue weighted by molar-refractivity contribution is 7.89. The van der Waals surface area contributed by atoms with Crippen molar-refractivity contribution in [1.82, 2.24) is 9.21 Å². The molecule has 2 rings (SSSR count). The highest BCUT2D eigenvalue weighted by atomic mass is 35.5. The van der Waals surface area contributed by atoms with Crippen molar-refractivity contribution < 1.29 is 13.2 Å². The van der Waals surface area contributed by atoms with E-state index < -0.39 is 16.1 Å². The molecule has 0 aliphatic carbocycles. The monoisotopic (exact) mass is 316 g/mol. The van der Waals surface area contributed by atoms with Crippen LogP contribution < -0.4 is 0 Å². The fourth-order valence-electron chi connectivity index (χ4n) is 2.31. The first-order valence-corrected chi connectivity index (χ1v) is 8.14. The molecule has 1 saturated heterocycles. The summed E-state index contributed by atoms with van der Waals surface area (Å²) in [6, 6.07) is 5.40. The average Bonchev–Trinajstić information content (AvgIpc) is 2.88. The SMILES string of the molecule is CN(C)C(=O)C1CCCN1S(=O)(=O)c1ccc(Cl)cc1. The van der Waals surface area contributed by atoms with Gasteiger partial charge >= 0.3 is 0 Å². The third-order valence-electron chi connectivity index (χ3n) is 3.35. The maximum atomic E-state index is 12.6. The van der Waals surface area contributed by atoms with Crippen LogP contribution in [0.15, 0.2) is 29.2 Å². The van der Waals surface area contributed by atoms with Gasteiger partial charge in [0.05, 0.1) is 4.90 Å².